The number of ketones is 1. The van der Waals surface area contributed by atoms with Crippen LogP contribution < -0.4 is 5.90 Å². The van der Waals surface area contributed by atoms with Crippen molar-refractivity contribution in [3.63, 3.8) is 0 Å². The Balaban J connectivity index is 3.34. The van der Waals surface area contributed by atoms with Crippen molar-refractivity contribution in [2.24, 2.45) is 5.90 Å². The molecule has 0 amide bonds. The first-order valence-corrected chi connectivity index (χ1v) is 4.23. The third kappa shape index (κ3) is 6.13. The van der Waals surface area contributed by atoms with Crippen molar-refractivity contribution in [1.82, 2.24) is 0 Å². The van der Waals surface area contributed by atoms with E-state index in [-0.39, 0.29) is 12.8 Å². The van der Waals surface area contributed by atoms with E-state index in [1.165, 1.54) is 0 Å². The molecule has 0 radical (unpaired) electrons. The van der Waals surface area contributed by atoms with E-state index in [1.807, 2.05) is 0 Å². The molecule has 0 aliphatic carbocycles. The van der Waals surface area contributed by atoms with Crippen LogP contribution in [0.15, 0.2) is 0 Å². The molecule has 0 atom stereocenters. The van der Waals surface area contributed by atoms with E-state index in [0.717, 1.165) is 0 Å². The predicted octanol–water partition coefficient (Wildman–Crippen LogP) is 0.00750. The molecule has 14 heavy (non-hydrogen) atoms. The number of aliphatic carboxylic acids is 1. The van der Waals surface area contributed by atoms with E-state index in [1.54, 1.807) is 0 Å². The smallest absolute Gasteiger partial charge is 0.372 e. The molecular weight excluding hydrogens is 190 g/mol. The fraction of sp³-hybridized carbons (Fsp3) is 0.625. The lowest BCUT2D eigenvalue weighted by Gasteiger charge is -1.98. The second kappa shape index (κ2) is 7.02. The summed E-state index contributed by atoms with van der Waals surface area (Å²) in [7, 11) is 0. The summed E-state index contributed by atoms with van der Waals surface area (Å²) in [5, 5.41) is 8.22. The zero-order valence-corrected chi connectivity index (χ0v) is 7.69. The molecule has 80 valence electrons. The Hall–Kier alpha value is -1.43. The number of carboxylic acids is 1. The van der Waals surface area contributed by atoms with Crippen molar-refractivity contribution in [2.75, 3.05) is 0 Å². The fourth-order valence-electron chi connectivity index (χ4n) is 0.898. The van der Waals surface area contributed by atoms with Gasteiger partial charge < -0.3 is 9.94 Å². The highest BCUT2D eigenvalue weighted by molar-refractivity contribution is 6.32. The van der Waals surface area contributed by atoms with E-state index < -0.39 is 17.7 Å². The normalized spacial score (nSPS) is 9.50. The third-order valence-corrected chi connectivity index (χ3v) is 1.65. The Kier molecular flexibility index (Phi) is 6.30. The van der Waals surface area contributed by atoms with Gasteiger partial charge in [-0.2, -0.15) is 5.90 Å². The highest BCUT2D eigenvalue weighted by atomic mass is 16.7. The summed E-state index contributed by atoms with van der Waals surface area (Å²) >= 11 is 0. The van der Waals surface area contributed by atoms with Crippen molar-refractivity contribution in [3.05, 3.63) is 0 Å². The van der Waals surface area contributed by atoms with Crippen LogP contribution in [0.2, 0.25) is 0 Å². The molecule has 6 nitrogen and oxygen atoms in total. The first kappa shape index (κ1) is 12.6. The Morgan fingerprint density at radius 3 is 2.14 bits per heavy atom. The molecule has 0 aliphatic heterocycles. The number of unbranched alkanes of at least 4 members (excludes halogenated alkanes) is 2. The predicted molar refractivity (Wildman–Crippen MR) is 46.0 cm³/mol. The number of hydrogen-bond donors (Lipinski definition) is 2. The van der Waals surface area contributed by atoms with Crippen LogP contribution in [0.1, 0.15) is 32.1 Å². The first-order chi connectivity index (χ1) is 6.57. The van der Waals surface area contributed by atoms with E-state index in [9.17, 15) is 14.4 Å². The molecule has 0 spiro atoms. The lowest BCUT2D eigenvalue weighted by molar-refractivity contribution is -0.149. The molecule has 0 fully saturated rings. The molecule has 0 saturated carbocycles. The van der Waals surface area contributed by atoms with Crippen molar-refractivity contribution >= 4 is 17.7 Å². The second-order valence-corrected chi connectivity index (χ2v) is 2.78. The molecule has 0 heterocycles. The summed E-state index contributed by atoms with van der Waals surface area (Å²) in [5.41, 5.74) is 0. The van der Waals surface area contributed by atoms with Crippen molar-refractivity contribution < 1.29 is 24.3 Å². The summed E-state index contributed by atoms with van der Waals surface area (Å²) in [6, 6.07) is 0. The number of carboxylic acid groups (broad SMARTS) is 1. The average molecular weight is 203 g/mol. The minimum atomic E-state index is -1.41. The van der Waals surface area contributed by atoms with Gasteiger partial charge in [-0.1, -0.05) is 6.42 Å². The summed E-state index contributed by atoms with van der Waals surface area (Å²) in [6.07, 6.45) is 1.81. The summed E-state index contributed by atoms with van der Waals surface area (Å²) in [4.78, 5) is 35.1. The highest BCUT2D eigenvalue weighted by Gasteiger charge is 2.10. The molecule has 0 aliphatic rings. The molecular formula is C8H13NO5. The van der Waals surface area contributed by atoms with E-state index in [4.69, 9.17) is 5.11 Å². The van der Waals surface area contributed by atoms with E-state index in [0.29, 0.717) is 19.3 Å². The number of carbonyl (C=O) groups is 3. The van der Waals surface area contributed by atoms with Crippen LogP contribution >= 0.6 is 0 Å². The molecule has 0 bridgehead atoms. The Morgan fingerprint density at radius 1 is 1.07 bits per heavy atom. The van der Waals surface area contributed by atoms with Crippen LogP contribution in [0.3, 0.4) is 0 Å². The van der Waals surface area contributed by atoms with Crippen molar-refractivity contribution in [3.8, 4) is 0 Å². The molecule has 3 N–H and O–H groups in total. The topological polar surface area (TPSA) is 107 Å². The maximum absolute atomic E-state index is 10.6. The zero-order valence-electron chi connectivity index (χ0n) is 7.69. The van der Waals surface area contributed by atoms with Gasteiger partial charge in [0.1, 0.15) is 0 Å². The van der Waals surface area contributed by atoms with Crippen LogP contribution in [0.25, 0.3) is 0 Å². The Labute approximate surface area is 81.0 Å². The van der Waals surface area contributed by atoms with E-state index in [2.05, 4.69) is 10.7 Å². The summed E-state index contributed by atoms with van der Waals surface area (Å²) in [6.45, 7) is 0. The fourth-order valence-corrected chi connectivity index (χ4v) is 0.898. The van der Waals surface area contributed by atoms with Gasteiger partial charge in [0.15, 0.2) is 0 Å². The van der Waals surface area contributed by atoms with Gasteiger partial charge in [-0.3, -0.25) is 9.59 Å². The van der Waals surface area contributed by atoms with Gasteiger partial charge in [-0.05, 0) is 12.8 Å². The number of rotatable bonds is 7. The molecule has 0 unspecified atom stereocenters. The molecule has 6 heteroatoms. The van der Waals surface area contributed by atoms with Gasteiger partial charge in [0.25, 0.3) is 0 Å². The molecule has 0 aromatic heterocycles. The quantitative estimate of drug-likeness (QED) is 0.343. The number of carbonyl (C=O) groups excluding carboxylic acids is 2. The molecule has 0 aromatic rings. The van der Waals surface area contributed by atoms with Crippen LogP contribution in [-0.4, -0.2) is 22.8 Å². The maximum Gasteiger partial charge on any atom is 0.372 e. The SMILES string of the molecule is NOC(=O)CCCCCC(=O)C(=O)O. The zero-order chi connectivity index (χ0) is 11.0. The van der Waals surface area contributed by atoms with Gasteiger partial charge in [0.2, 0.25) is 5.78 Å². The molecule has 0 saturated heterocycles. The van der Waals surface area contributed by atoms with Crippen LogP contribution in [-0.2, 0) is 19.2 Å². The van der Waals surface area contributed by atoms with Gasteiger partial charge >= 0.3 is 11.9 Å². The largest absolute Gasteiger partial charge is 0.476 e. The minimum Gasteiger partial charge on any atom is -0.476 e. The van der Waals surface area contributed by atoms with Gasteiger partial charge in [-0.15, -0.1) is 0 Å². The van der Waals surface area contributed by atoms with Gasteiger partial charge in [0, 0.05) is 12.8 Å². The maximum atomic E-state index is 10.6. The molecule has 0 rings (SSSR count). The second-order valence-electron chi connectivity index (χ2n) is 2.78. The first-order valence-electron chi connectivity index (χ1n) is 4.23. The lowest BCUT2D eigenvalue weighted by Crippen LogP contribution is -2.12. The summed E-state index contributed by atoms with van der Waals surface area (Å²) in [5.74, 6) is 1.88. The van der Waals surface area contributed by atoms with Gasteiger partial charge in [-0.25, -0.2) is 4.79 Å². The number of Topliss-reactive ketones (excluding diaryl/α,β-unsaturated/α-hetero) is 1. The third-order valence-electron chi connectivity index (χ3n) is 1.65. The minimum absolute atomic E-state index is 0.00695. The number of nitrogens with two attached hydrogens (primary N) is 1. The summed E-state index contributed by atoms with van der Waals surface area (Å²) < 4.78 is 0. The van der Waals surface area contributed by atoms with E-state index >= 15 is 0 Å². The van der Waals surface area contributed by atoms with Crippen LogP contribution in [0, 0.1) is 0 Å². The lowest BCUT2D eigenvalue weighted by atomic mass is 10.1. The number of hydrogen-bond acceptors (Lipinski definition) is 5. The average Bonchev–Trinajstić information content (AvgIpc) is 2.16. The van der Waals surface area contributed by atoms with Gasteiger partial charge in [0.05, 0.1) is 0 Å². The van der Waals surface area contributed by atoms with Crippen LogP contribution in [0.4, 0.5) is 0 Å². The standard InChI is InChI=1S/C8H13NO5/c9-14-7(11)5-3-1-2-4-6(10)8(12)13/h1-5,9H2,(H,12,13). The van der Waals surface area contributed by atoms with Crippen LogP contribution in [0.5, 0.6) is 0 Å². The monoisotopic (exact) mass is 203 g/mol. The highest BCUT2D eigenvalue weighted by Crippen LogP contribution is 2.04. The Bertz CT molecular complexity index is 226. The Morgan fingerprint density at radius 2 is 1.64 bits per heavy atom. The molecule has 0 aromatic carbocycles. The van der Waals surface area contributed by atoms with Crippen molar-refractivity contribution in [1.29, 1.82) is 0 Å². The van der Waals surface area contributed by atoms with Crippen molar-refractivity contribution in [2.45, 2.75) is 32.1 Å².